The van der Waals surface area contributed by atoms with E-state index in [0.717, 1.165) is 59.2 Å². The second kappa shape index (κ2) is 21.7. The normalized spacial score (nSPS) is 13.2. The molecule has 6 rings (SSSR count). The molecule has 1 atom stereocenters. The second-order valence-corrected chi connectivity index (χ2v) is 24.9. The van der Waals surface area contributed by atoms with Crippen LogP contribution in [0.4, 0.5) is 28.4 Å². The van der Waals surface area contributed by atoms with Crippen molar-refractivity contribution in [1.29, 1.82) is 0 Å². The molecule has 0 radical (unpaired) electrons. The number of benzene rings is 5. The van der Waals surface area contributed by atoms with E-state index in [9.17, 15) is 31.0 Å². The maximum absolute atomic E-state index is 14.9. The largest absolute Gasteiger partial charge is 0.456 e. The lowest BCUT2D eigenvalue weighted by atomic mass is 9.91. The molecule has 386 valence electrons. The minimum Gasteiger partial charge on any atom is -0.456 e. The molecule has 15 heteroatoms. The number of aryl methyl sites for hydroxylation is 4. The van der Waals surface area contributed by atoms with Crippen molar-refractivity contribution >= 4 is 71.4 Å². The Morgan fingerprint density at radius 2 is 1.28 bits per heavy atom. The molecular weight excluding hydrogens is 947 g/mol. The molecular formula is C57H73N5O8S2. The summed E-state index contributed by atoms with van der Waals surface area (Å²) in [5.41, 5.74) is 8.52. The molecule has 1 aliphatic carbocycles. The number of carbonyl (C=O) groups excluding carboxylic acids is 2. The number of nitrogens with zero attached hydrogens (tertiary/aromatic N) is 1. The summed E-state index contributed by atoms with van der Waals surface area (Å²) in [5, 5.41) is 10.3. The third kappa shape index (κ3) is 13.0. The molecule has 2 aliphatic rings. The van der Waals surface area contributed by atoms with Gasteiger partial charge < -0.3 is 20.4 Å². The molecule has 0 saturated carbocycles. The highest BCUT2D eigenvalue weighted by atomic mass is 32.2. The van der Waals surface area contributed by atoms with E-state index in [4.69, 9.17) is 9.41 Å². The van der Waals surface area contributed by atoms with Crippen LogP contribution in [0.1, 0.15) is 127 Å². The van der Waals surface area contributed by atoms with Gasteiger partial charge in [0.05, 0.1) is 11.0 Å². The predicted octanol–water partition coefficient (Wildman–Crippen LogP) is 13.5. The first kappa shape index (κ1) is 55.4. The van der Waals surface area contributed by atoms with Gasteiger partial charge in [0.2, 0.25) is 21.8 Å². The van der Waals surface area contributed by atoms with Crippen LogP contribution >= 0.6 is 0 Å². The number of unbranched alkanes of at least 4 members (excludes halogenated alkanes) is 1. The maximum Gasteiger partial charge on any atom is 0.295 e. The second-order valence-electron chi connectivity index (χ2n) is 21.8. The van der Waals surface area contributed by atoms with Crippen LogP contribution in [-0.2, 0) is 29.7 Å². The Labute approximate surface area is 426 Å². The first-order valence-electron chi connectivity index (χ1n) is 24.8. The lowest BCUT2D eigenvalue weighted by Crippen LogP contribution is -2.32. The van der Waals surface area contributed by atoms with E-state index < -0.39 is 20.1 Å². The number of carbonyl (C=O) groups is 2. The van der Waals surface area contributed by atoms with Crippen molar-refractivity contribution in [3.63, 3.8) is 0 Å². The Balaban J connectivity index is 1.66. The number of nitrogens with one attached hydrogen (secondary N) is 4. The van der Waals surface area contributed by atoms with Crippen molar-refractivity contribution in [3.05, 3.63) is 105 Å². The summed E-state index contributed by atoms with van der Waals surface area (Å²) >= 11 is 0. The zero-order valence-electron chi connectivity index (χ0n) is 44.4. The van der Waals surface area contributed by atoms with Crippen molar-refractivity contribution in [2.24, 2.45) is 21.7 Å². The summed E-state index contributed by atoms with van der Waals surface area (Å²) in [4.78, 5) is 31.1. The van der Waals surface area contributed by atoms with E-state index in [1.807, 2.05) is 108 Å². The maximum atomic E-state index is 14.9. The molecule has 13 nitrogen and oxygen atoms in total. The van der Waals surface area contributed by atoms with E-state index >= 15 is 0 Å². The van der Waals surface area contributed by atoms with Crippen LogP contribution in [0.3, 0.4) is 0 Å². The van der Waals surface area contributed by atoms with Gasteiger partial charge in [0.1, 0.15) is 21.1 Å². The Kier molecular flexibility index (Phi) is 16.7. The van der Waals surface area contributed by atoms with Crippen LogP contribution in [0.5, 0.6) is 0 Å². The molecule has 72 heavy (non-hydrogen) atoms. The fourth-order valence-electron chi connectivity index (χ4n) is 9.43. The molecule has 2 amide bonds. The van der Waals surface area contributed by atoms with Gasteiger partial charge >= 0.3 is 0 Å². The van der Waals surface area contributed by atoms with E-state index in [1.165, 1.54) is 18.2 Å². The summed E-state index contributed by atoms with van der Waals surface area (Å²) < 4.78 is 76.4. The minimum atomic E-state index is -4.81. The fraction of sp³-hybridized carbons (Fsp3) is 0.421. The molecule has 0 bridgehead atoms. The highest BCUT2D eigenvalue weighted by molar-refractivity contribution is 7.89. The van der Waals surface area contributed by atoms with Gasteiger partial charge in [-0.15, -0.1) is 0 Å². The summed E-state index contributed by atoms with van der Waals surface area (Å²) in [6.07, 6.45) is 4.13. The highest BCUT2D eigenvalue weighted by Crippen LogP contribution is 2.45. The van der Waals surface area contributed by atoms with Gasteiger partial charge in [-0.2, -0.15) is 8.42 Å². The lowest BCUT2D eigenvalue weighted by molar-refractivity contribution is -0.118. The van der Waals surface area contributed by atoms with Crippen LogP contribution in [0.25, 0.3) is 33.4 Å². The number of anilines is 4. The smallest absolute Gasteiger partial charge is 0.295 e. The predicted molar refractivity (Wildman–Crippen MR) is 292 cm³/mol. The summed E-state index contributed by atoms with van der Waals surface area (Å²) in [7, 11) is -9.15. The molecule has 0 aromatic heterocycles. The SMILES string of the molecule is CCCCC(CC)CNS(=O)(=O)c1cc2c(-c3ccccc3S(=O)(=O)O)c3ccc(Nc4c(C)cc(C)c(NC(=O)CC(C)(C)C)c4C)cc3oc-2cc1=Nc1c(C)cc(C)c(NC(=O)CC(C)(C)C)c1C. The summed E-state index contributed by atoms with van der Waals surface area (Å²) in [6.45, 7) is 27.8. The molecule has 5 N–H and O–H groups in total. The lowest BCUT2D eigenvalue weighted by Gasteiger charge is -2.22. The number of hydrogen-bond acceptors (Lipinski definition) is 9. The van der Waals surface area contributed by atoms with E-state index in [1.54, 1.807) is 30.3 Å². The van der Waals surface area contributed by atoms with Crippen molar-refractivity contribution in [1.82, 2.24) is 4.72 Å². The third-order valence-electron chi connectivity index (χ3n) is 12.9. The first-order valence-corrected chi connectivity index (χ1v) is 27.7. The van der Waals surface area contributed by atoms with Crippen molar-refractivity contribution in [3.8, 4) is 22.5 Å². The minimum absolute atomic E-state index is 0.0527. The first-order chi connectivity index (χ1) is 33.5. The van der Waals surface area contributed by atoms with E-state index in [-0.39, 0.29) is 73.6 Å². The number of rotatable bonds is 17. The van der Waals surface area contributed by atoms with Crippen LogP contribution < -0.4 is 26.0 Å². The Morgan fingerprint density at radius 1 is 0.694 bits per heavy atom. The zero-order chi connectivity index (χ0) is 53.2. The van der Waals surface area contributed by atoms with Gasteiger partial charge in [-0.25, -0.2) is 18.1 Å². The number of amides is 2. The average Bonchev–Trinajstić information content (AvgIpc) is 3.26. The van der Waals surface area contributed by atoms with Crippen molar-refractivity contribution < 1.29 is 35.4 Å². The van der Waals surface area contributed by atoms with Crippen molar-refractivity contribution in [2.75, 3.05) is 22.5 Å². The van der Waals surface area contributed by atoms with Crippen LogP contribution in [0.15, 0.2) is 85.9 Å². The highest BCUT2D eigenvalue weighted by Gasteiger charge is 2.29. The average molecular weight is 1020 g/mol. The Morgan fingerprint density at radius 3 is 1.86 bits per heavy atom. The van der Waals surface area contributed by atoms with Crippen LogP contribution in [0, 0.1) is 58.3 Å². The number of hydrogen-bond donors (Lipinski definition) is 5. The van der Waals surface area contributed by atoms with Gasteiger partial charge in [-0.1, -0.05) is 105 Å². The topological polar surface area (TPSA) is 196 Å². The van der Waals surface area contributed by atoms with Crippen molar-refractivity contribution in [2.45, 2.75) is 145 Å². The van der Waals surface area contributed by atoms with Gasteiger partial charge in [-0.3, -0.25) is 14.1 Å². The molecule has 4 aromatic carbocycles. The molecule has 4 aromatic rings. The summed E-state index contributed by atoms with van der Waals surface area (Å²) in [6, 6.07) is 18.3. The molecule has 1 heterocycles. The van der Waals surface area contributed by atoms with E-state index in [0.29, 0.717) is 51.3 Å². The molecule has 0 saturated heterocycles. The fourth-order valence-corrected chi connectivity index (χ4v) is 11.4. The van der Waals surface area contributed by atoms with Gasteiger partial charge in [-0.05, 0) is 122 Å². The standard InChI is InChI=1S/C57H73N5O8S2/c1-15-17-20-39(16-2)32-58-71(65,66)48-28-43-46(29-44(48)60-53-34(4)26-36(6)55(38(53)8)62-50(64)31-57(12,13)14)70-45-27-40(23-24-41(45)51(43)42-21-18-19-22-47(42)72(67,68)69)59-52-33(3)25-35(5)54(37(52)7)61-49(63)30-56(9,10)11/h18-19,21-29,39,58-59H,15-17,20,30-32H2,1-14H3,(H,61,63)(H,62,64)(H,67,68,69). The Hall–Kier alpha value is -5.87. The number of sulfonamides is 1. The molecule has 0 fully saturated rings. The molecule has 1 unspecified atom stereocenters. The monoisotopic (exact) mass is 1020 g/mol. The van der Waals surface area contributed by atoms with Crippen LogP contribution in [0.2, 0.25) is 0 Å². The zero-order valence-corrected chi connectivity index (χ0v) is 46.1. The van der Waals surface area contributed by atoms with Gasteiger partial charge in [0, 0.05) is 76.3 Å². The van der Waals surface area contributed by atoms with Gasteiger partial charge in [0.15, 0.2) is 0 Å². The molecule has 0 spiro atoms. The quantitative estimate of drug-likeness (QED) is 0.0436. The number of fused-ring (bicyclic) bond motifs is 2. The van der Waals surface area contributed by atoms with Crippen LogP contribution in [-0.4, -0.2) is 39.7 Å². The third-order valence-corrected chi connectivity index (χ3v) is 15.3. The van der Waals surface area contributed by atoms with Gasteiger partial charge in [0.25, 0.3) is 10.1 Å². The molecule has 1 aliphatic heterocycles. The Bertz CT molecular complexity index is 3330. The summed E-state index contributed by atoms with van der Waals surface area (Å²) in [5.74, 6) is -0.00162. The van der Waals surface area contributed by atoms with E-state index in [2.05, 4.69) is 27.6 Å².